The molecule has 0 radical (unpaired) electrons. The second-order valence-corrected chi connectivity index (χ2v) is 4.09. The number of hydrogen-bond acceptors (Lipinski definition) is 3. The molecular formula is C12H16N2O2. The number of fused-ring (bicyclic) bond motifs is 1. The van der Waals surface area contributed by atoms with Crippen molar-refractivity contribution in [3.63, 3.8) is 0 Å². The Bertz CT molecular complexity index is 392. The van der Waals surface area contributed by atoms with E-state index in [0.29, 0.717) is 26.1 Å². The molecule has 1 aliphatic rings. The van der Waals surface area contributed by atoms with Crippen molar-refractivity contribution in [2.75, 3.05) is 13.1 Å². The maximum Gasteiger partial charge on any atom is 0.321 e. The number of carboxylic acid groups (broad SMARTS) is 1. The quantitative estimate of drug-likeness (QED) is 0.776. The van der Waals surface area contributed by atoms with Crippen molar-refractivity contribution >= 4 is 5.97 Å². The lowest BCUT2D eigenvalue weighted by molar-refractivity contribution is -0.143. The van der Waals surface area contributed by atoms with Gasteiger partial charge in [0.2, 0.25) is 0 Å². The van der Waals surface area contributed by atoms with Crippen molar-refractivity contribution in [2.24, 2.45) is 5.73 Å². The first-order valence-corrected chi connectivity index (χ1v) is 5.46. The number of aliphatic carboxylic acids is 1. The Balaban J connectivity index is 2.25. The summed E-state index contributed by atoms with van der Waals surface area (Å²) in [5.41, 5.74) is 7.87. The van der Waals surface area contributed by atoms with Gasteiger partial charge in [-0.3, -0.25) is 9.69 Å². The van der Waals surface area contributed by atoms with Crippen molar-refractivity contribution in [1.29, 1.82) is 0 Å². The molecule has 86 valence electrons. The number of carboxylic acids is 1. The molecule has 3 N–H and O–H groups in total. The molecule has 1 aromatic rings. The number of hydrogen-bond donors (Lipinski definition) is 2. The minimum absolute atomic E-state index is 0.432. The lowest BCUT2D eigenvalue weighted by atomic mass is 9.94. The molecule has 0 saturated carbocycles. The monoisotopic (exact) mass is 220 g/mol. The SMILES string of the molecule is NCCN1Cc2ccccc2C[C@H]1C(=O)O. The van der Waals surface area contributed by atoms with Crippen LogP contribution in [0.4, 0.5) is 0 Å². The van der Waals surface area contributed by atoms with Gasteiger partial charge >= 0.3 is 5.97 Å². The molecule has 4 heteroatoms. The molecule has 1 heterocycles. The molecule has 0 aromatic heterocycles. The van der Waals surface area contributed by atoms with Crippen molar-refractivity contribution in [3.8, 4) is 0 Å². The van der Waals surface area contributed by atoms with Gasteiger partial charge in [-0.25, -0.2) is 0 Å². The first-order valence-electron chi connectivity index (χ1n) is 5.46. The van der Waals surface area contributed by atoms with Gasteiger partial charge in [0, 0.05) is 19.6 Å². The van der Waals surface area contributed by atoms with E-state index >= 15 is 0 Å². The molecule has 0 amide bonds. The second-order valence-electron chi connectivity index (χ2n) is 4.09. The van der Waals surface area contributed by atoms with Crippen LogP contribution < -0.4 is 5.73 Å². The number of nitrogens with zero attached hydrogens (tertiary/aromatic N) is 1. The molecule has 0 fully saturated rings. The van der Waals surface area contributed by atoms with Crippen LogP contribution in [0.1, 0.15) is 11.1 Å². The standard InChI is InChI=1S/C12H16N2O2/c13-5-6-14-8-10-4-2-1-3-9(10)7-11(14)12(15)16/h1-4,11H,5-8,13H2,(H,15,16)/t11-/m0/s1. The predicted octanol–water partition coefficient (Wildman–Crippen LogP) is 0.457. The molecule has 1 aliphatic heterocycles. The third-order valence-electron chi connectivity index (χ3n) is 3.05. The molecule has 0 bridgehead atoms. The number of nitrogens with two attached hydrogens (primary N) is 1. The van der Waals surface area contributed by atoms with Crippen molar-refractivity contribution < 1.29 is 9.90 Å². The highest BCUT2D eigenvalue weighted by Gasteiger charge is 2.30. The zero-order valence-electron chi connectivity index (χ0n) is 9.10. The molecule has 1 aromatic carbocycles. The molecule has 0 unspecified atom stereocenters. The van der Waals surface area contributed by atoms with Gasteiger partial charge in [-0.2, -0.15) is 0 Å². The summed E-state index contributed by atoms with van der Waals surface area (Å²) < 4.78 is 0. The van der Waals surface area contributed by atoms with E-state index in [1.165, 1.54) is 5.56 Å². The van der Waals surface area contributed by atoms with E-state index in [1.807, 2.05) is 23.1 Å². The minimum Gasteiger partial charge on any atom is -0.480 e. The average Bonchev–Trinajstić information content (AvgIpc) is 2.28. The summed E-state index contributed by atoms with van der Waals surface area (Å²) in [4.78, 5) is 13.1. The molecule has 1 atom stereocenters. The molecular weight excluding hydrogens is 204 g/mol. The smallest absolute Gasteiger partial charge is 0.321 e. The third kappa shape index (κ3) is 2.08. The second kappa shape index (κ2) is 4.63. The van der Waals surface area contributed by atoms with E-state index < -0.39 is 12.0 Å². The fourth-order valence-corrected chi connectivity index (χ4v) is 2.22. The number of rotatable bonds is 3. The van der Waals surface area contributed by atoms with Gasteiger partial charge in [0.25, 0.3) is 0 Å². The lowest BCUT2D eigenvalue weighted by Crippen LogP contribution is -2.47. The first-order chi connectivity index (χ1) is 7.72. The van der Waals surface area contributed by atoms with Crippen molar-refractivity contribution in [2.45, 2.75) is 19.0 Å². The van der Waals surface area contributed by atoms with Crippen LogP contribution >= 0.6 is 0 Å². The Labute approximate surface area is 94.7 Å². The van der Waals surface area contributed by atoms with E-state index in [2.05, 4.69) is 6.07 Å². The molecule has 4 nitrogen and oxygen atoms in total. The van der Waals surface area contributed by atoms with Crippen LogP contribution in [0.3, 0.4) is 0 Å². The fraction of sp³-hybridized carbons (Fsp3) is 0.417. The van der Waals surface area contributed by atoms with Gasteiger partial charge in [-0.05, 0) is 17.5 Å². The Morgan fingerprint density at radius 3 is 2.75 bits per heavy atom. The van der Waals surface area contributed by atoms with Crippen LogP contribution in [0.5, 0.6) is 0 Å². The normalized spacial score (nSPS) is 20.4. The summed E-state index contributed by atoms with van der Waals surface area (Å²) in [6, 6.07) is 7.57. The largest absolute Gasteiger partial charge is 0.480 e. The zero-order valence-corrected chi connectivity index (χ0v) is 9.10. The minimum atomic E-state index is -0.761. The Hall–Kier alpha value is -1.39. The van der Waals surface area contributed by atoms with Gasteiger partial charge in [0.05, 0.1) is 0 Å². The predicted molar refractivity (Wildman–Crippen MR) is 61.0 cm³/mol. The van der Waals surface area contributed by atoms with Gasteiger partial charge in [-0.15, -0.1) is 0 Å². The van der Waals surface area contributed by atoms with Crippen molar-refractivity contribution in [3.05, 3.63) is 35.4 Å². The van der Waals surface area contributed by atoms with Crippen LogP contribution in [0.2, 0.25) is 0 Å². The number of benzene rings is 1. The molecule has 0 saturated heterocycles. The summed E-state index contributed by atoms with van der Waals surface area (Å²) in [7, 11) is 0. The van der Waals surface area contributed by atoms with E-state index in [4.69, 9.17) is 5.73 Å². The molecule has 16 heavy (non-hydrogen) atoms. The topological polar surface area (TPSA) is 66.6 Å². The summed E-state index contributed by atoms with van der Waals surface area (Å²) >= 11 is 0. The highest BCUT2D eigenvalue weighted by atomic mass is 16.4. The van der Waals surface area contributed by atoms with E-state index in [-0.39, 0.29) is 0 Å². The number of carbonyl (C=O) groups is 1. The van der Waals surface area contributed by atoms with Crippen molar-refractivity contribution in [1.82, 2.24) is 4.90 Å². The van der Waals surface area contributed by atoms with Crippen LogP contribution in [0.25, 0.3) is 0 Å². The van der Waals surface area contributed by atoms with Gasteiger partial charge in [-0.1, -0.05) is 24.3 Å². The van der Waals surface area contributed by atoms with E-state index in [1.54, 1.807) is 0 Å². The van der Waals surface area contributed by atoms with E-state index in [9.17, 15) is 9.90 Å². The highest BCUT2D eigenvalue weighted by molar-refractivity contribution is 5.74. The summed E-state index contributed by atoms with van der Waals surface area (Å²) in [6.45, 7) is 1.81. The Kier molecular flexibility index (Phi) is 3.22. The molecule has 0 aliphatic carbocycles. The summed E-state index contributed by atoms with van der Waals surface area (Å²) in [5, 5.41) is 9.18. The average molecular weight is 220 g/mol. The maximum atomic E-state index is 11.2. The molecule has 2 rings (SSSR count). The Morgan fingerprint density at radius 1 is 1.44 bits per heavy atom. The third-order valence-corrected chi connectivity index (χ3v) is 3.05. The first kappa shape index (κ1) is 11.1. The Morgan fingerprint density at radius 2 is 2.12 bits per heavy atom. The molecule has 0 spiro atoms. The fourth-order valence-electron chi connectivity index (χ4n) is 2.22. The lowest BCUT2D eigenvalue weighted by Gasteiger charge is -2.33. The van der Waals surface area contributed by atoms with Gasteiger partial charge in [0.1, 0.15) is 6.04 Å². The van der Waals surface area contributed by atoms with Gasteiger partial charge < -0.3 is 10.8 Å². The zero-order chi connectivity index (χ0) is 11.5. The highest BCUT2D eigenvalue weighted by Crippen LogP contribution is 2.22. The van der Waals surface area contributed by atoms with Crippen LogP contribution in [-0.2, 0) is 17.8 Å². The van der Waals surface area contributed by atoms with Crippen LogP contribution in [-0.4, -0.2) is 35.1 Å². The van der Waals surface area contributed by atoms with E-state index in [0.717, 1.165) is 5.56 Å². The summed E-state index contributed by atoms with van der Waals surface area (Å²) in [5.74, 6) is -0.761. The maximum absolute atomic E-state index is 11.2. The van der Waals surface area contributed by atoms with Crippen LogP contribution in [0, 0.1) is 0 Å². The van der Waals surface area contributed by atoms with Crippen LogP contribution in [0.15, 0.2) is 24.3 Å². The summed E-state index contributed by atoms with van der Waals surface area (Å²) in [6.07, 6.45) is 0.575. The van der Waals surface area contributed by atoms with Gasteiger partial charge in [0.15, 0.2) is 0 Å².